The van der Waals surface area contributed by atoms with Gasteiger partial charge in [0.05, 0.1) is 7.11 Å². The number of nitrogens with one attached hydrogen (secondary N) is 1. The van der Waals surface area contributed by atoms with Crippen molar-refractivity contribution in [2.45, 2.75) is 44.6 Å². The van der Waals surface area contributed by atoms with Gasteiger partial charge in [-0.2, -0.15) is 0 Å². The van der Waals surface area contributed by atoms with Crippen molar-refractivity contribution in [1.82, 2.24) is 15.1 Å². The largest absolute Gasteiger partial charge is 0.497 e. The molecule has 180 valence electrons. The van der Waals surface area contributed by atoms with Gasteiger partial charge in [0.2, 0.25) is 5.91 Å². The lowest BCUT2D eigenvalue weighted by Crippen LogP contribution is -2.47. The zero-order chi connectivity index (χ0) is 24.1. The molecule has 1 N–H and O–H groups in total. The Kier molecular flexibility index (Phi) is 7.20. The van der Waals surface area contributed by atoms with Gasteiger partial charge in [-0.1, -0.05) is 42.5 Å². The molecule has 0 spiro atoms. The minimum absolute atomic E-state index is 0.166. The van der Waals surface area contributed by atoms with Crippen LogP contribution in [0.5, 0.6) is 5.75 Å². The number of benzene rings is 2. The molecule has 2 aromatic rings. The van der Waals surface area contributed by atoms with Gasteiger partial charge < -0.3 is 15.0 Å². The van der Waals surface area contributed by atoms with E-state index in [1.807, 2.05) is 30.3 Å². The molecule has 2 aliphatic rings. The fraction of sp³-hybridized carbons (Fsp3) is 0.444. The van der Waals surface area contributed by atoms with E-state index in [2.05, 4.69) is 29.6 Å². The molecule has 0 radical (unpaired) electrons. The van der Waals surface area contributed by atoms with Crippen LogP contribution in [0.3, 0.4) is 0 Å². The molecular weight excluding hydrogens is 430 g/mol. The molecular formula is C27H33N3O4. The van der Waals surface area contributed by atoms with Gasteiger partial charge in [-0.3, -0.25) is 14.5 Å². The van der Waals surface area contributed by atoms with Crippen molar-refractivity contribution in [3.8, 4) is 5.75 Å². The number of amides is 4. The highest BCUT2D eigenvalue weighted by Gasteiger charge is 2.48. The van der Waals surface area contributed by atoms with Gasteiger partial charge in [0.1, 0.15) is 17.8 Å². The number of aryl methyl sites for hydroxylation is 1. The molecule has 0 bridgehead atoms. The van der Waals surface area contributed by atoms with Gasteiger partial charge in [-0.15, -0.1) is 0 Å². The first-order valence-electron chi connectivity index (χ1n) is 12.0. The van der Waals surface area contributed by atoms with Crippen LogP contribution in [0.25, 0.3) is 0 Å². The van der Waals surface area contributed by atoms with Crippen LogP contribution in [0.4, 0.5) is 4.79 Å². The molecule has 2 aliphatic heterocycles. The van der Waals surface area contributed by atoms with Crippen molar-refractivity contribution in [2.24, 2.45) is 5.92 Å². The summed E-state index contributed by atoms with van der Waals surface area (Å²) in [6.07, 6.45) is 3.96. The van der Waals surface area contributed by atoms with Crippen LogP contribution in [-0.2, 0) is 22.4 Å². The Balaban J connectivity index is 1.28. The number of imide groups is 1. The van der Waals surface area contributed by atoms with E-state index in [0.717, 1.165) is 35.5 Å². The highest BCUT2D eigenvalue weighted by molar-refractivity contribution is 6.08. The van der Waals surface area contributed by atoms with Crippen LogP contribution in [0.15, 0.2) is 54.6 Å². The number of piperidine rings is 1. The third-order valence-corrected chi connectivity index (χ3v) is 7.05. The Hall–Kier alpha value is -3.35. The van der Waals surface area contributed by atoms with Crippen molar-refractivity contribution >= 4 is 17.8 Å². The molecule has 7 nitrogen and oxygen atoms in total. The topological polar surface area (TPSA) is 79.0 Å². The maximum Gasteiger partial charge on any atom is 0.325 e. The van der Waals surface area contributed by atoms with Crippen molar-refractivity contribution < 1.29 is 19.1 Å². The lowest BCUT2D eigenvalue weighted by molar-refractivity contribution is -0.139. The third kappa shape index (κ3) is 5.41. The quantitative estimate of drug-likeness (QED) is 0.609. The van der Waals surface area contributed by atoms with Crippen molar-refractivity contribution in [3.05, 3.63) is 65.7 Å². The monoisotopic (exact) mass is 463 g/mol. The number of nitrogens with zero attached hydrogens (tertiary/aromatic N) is 2. The zero-order valence-corrected chi connectivity index (χ0v) is 20.0. The van der Waals surface area contributed by atoms with Gasteiger partial charge in [0, 0.05) is 13.1 Å². The number of likely N-dealkylation sites (tertiary alicyclic amines) is 1. The second-order valence-corrected chi connectivity index (χ2v) is 9.52. The smallest absolute Gasteiger partial charge is 0.325 e. The molecule has 2 saturated heterocycles. The second-order valence-electron chi connectivity index (χ2n) is 9.52. The molecule has 0 aromatic heterocycles. The van der Waals surface area contributed by atoms with Crippen LogP contribution in [0.1, 0.15) is 37.3 Å². The fourth-order valence-corrected chi connectivity index (χ4v) is 4.82. The Morgan fingerprint density at radius 3 is 2.35 bits per heavy atom. The molecule has 4 rings (SSSR count). The number of urea groups is 1. The van der Waals surface area contributed by atoms with Gasteiger partial charge in [0.15, 0.2) is 0 Å². The lowest BCUT2D eigenvalue weighted by Gasteiger charge is -2.33. The van der Waals surface area contributed by atoms with E-state index in [1.165, 1.54) is 5.56 Å². The molecule has 0 saturated carbocycles. The number of methoxy groups -OCH3 is 1. The van der Waals surface area contributed by atoms with Crippen LogP contribution in [0.2, 0.25) is 0 Å². The molecule has 34 heavy (non-hydrogen) atoms. The van der Waals surface area contributed by atoms with Gasteiger partial charge >= 0.3 is 6.03 Å². The first-order valence-corrected chi connectivity index (χ1v) is 12.0. The van der Waals surface area contributed by atoms with E-state index >= 15 is 0 Å². The highest BCUT2D eigenvalue weighted by Crippen LogP contribution is 2.25. The molecule has 2 fully saturated rings. The molecule has 1 atom stereocenters. The standard InChI is InChI=1S/C27H33N3O4/c1-27(15-12-20-8-10-23(34-2)11-9-20)25(32)30(26(33)28-27)19-24(31)29-16-13-22(14-17-29)18-21-6-4-3-5-7-21/h3-11,22H,12-19H2,1-2H3,(H,28,33). The number of carbonyl (C=O) groups excluding carboxylic acids is 3. The van der Waals surface area contributed by atoms with Crippen molar-refractivity contribution in [2.75, 3.05) is 26.7 Å². The van der Waals surface area contributed by atoms with Crippen LogP contribution in [0, 0.1) is 5.92 Å². The summed E-state index contributed by atoms with van der Waals surface area (Å²) in [6, 6.07) is 17.6. The molecule has 4 amide bonds. The summed E-state index contributed by atoms with van der Waals surface area (Å²) < 4.78 is 5.18. The lowest BCUT2D eigenvalue weighted by atomic mass is 9.90. The number of carbonyl (C=O) groups is 3. The number of hydrogen-bond acceptors (Lipinski definition) is 4. The minimum Gasteiger partial charge on any atom is -0.497 e. The average Bonchev–Trinajstić information content (AvgIpc) is 3.07. The Morgan fingerprint density at radius 2 is 1.71 bits per heavy atom. The highest BCUT2D eigenvalue weighted by atomic mass is 16.5. The summed E-state index contributed by atoms with van der Waals surface area (Å²) in [7, 11) is 1.62. The summed E-state index contributed by atoms with van der Waals surface area (Å²) in [5.74, 6) is 0.817. The first kappa shape index (κ1) is 23.8. The fourth-order valence-electron chi connectivity index (χ4n) is 4.82. The Morgan fingerprint density at radius 1 is 1.03 bits per heavy atom. The summed E-state index contributed by atoms with van der Waals surface area (Å²) in [6.45, 7) is 2.85. The molecule has 1 unspecified atom stereocenters. The minimum atomic E-state index is -1.01. The summed E-state index contributed by atoms with van der Waals surface area (Å²) in [5, 5.41) is 2.81. The van der Waals surface area contributed by atoms with E-state index in [-0.39, 0.29) is 18.4 Å². The molecule has 7 heteroatoms. The van der Waals surface area contributed by atoms with Gasteiger partial charge in [0.25, 0.3) is 5.91 Å². The maximum atomic E-state index is 13.1. The van der Waals surface area contributed by atoms with E-state index in [0.29, 0.717) is 31.8 Å². The van der Waals surface area contributed by atoms with Crippen LogP contribution < -0.4 is 10.1 Å². The SMILES string of the molecule is COc1ccc(CCC2(C)NC(=O)N(CC(=O)N3CCC(Cc4ccccc4)CC3)C2=O)cc1. The molecule has 0 aliphatic carbocycles. The Bertz CT molecular complexity index is 1020. The molecule has 2 heterocycles. The number of rotatable bonds is 8. The Labute approximate surface area is 201 Å². The van der Waals surface area contributed by atoms with Gasteiger partial charge in [-0.25, -0.2) is 4.79 Å². The summed E-state index contributed by atoms with van der Waals surface area (Å²) >= 11 is 0. The van der Waals surface area contributed by atoms with E-state index in [1.54, 1.807) is 18.9 Å². The second kappa shape index (κ2) is 10.3. The van der Waals surface area contributed by atoms with Crippen LogP contribution >= 0.6 is 0 Å². The number of ether oxygens (including phenoxy) is 1. The van der Waals surface area contributed by atoms with Crippen LogP contribution in [-0.4, -0.2) is 59.9 Å². The van der Waals surface area contributed by atoms with Crippen molar-refractivity contribution in [3.63, 3.8) is 0 Å². The maximum absolute atomic E-state index is 13.1. The predicted molar refractivity (Wildman–Crippen MR) is 129 cm³/mol. The van der Waals surface area contributed by atoms with Crippen molar-refractivity contribution in [1.29, 1.82) is 0 Å². The average molecular weight is 464 g/mol. The predicted octanol–water partition coefficient (Wildman–Crippen LogP) is 3.42. The number of hydrogen-bond donors (Lipinski definition) is 1. The third-order valence-electron chi connectivity index (χ3n) is 7.05. The van der Waals surface area contributed by atoms with E-state index < -0.39 is 11.6 Å². The summed E-state index contributed by atoms with van der Waals surface area (Å²) in [4.78, 5) is 41.4. The van der Waals surface area contributed by atoms with E-state index in [4.69, 9.17) is 4.74 Å². The molecule has 2 aromatic carbocycles. The van der Waals surface area contributed by atoms with Gasteiger partial charge in [-0.05, 0) is 68.2 Å². The van der Waals surface area contributed by atoms with E-state index in [9.17, 15) is 14.4 Å². The summed E-state index contributed by atoms with van der Waals surface area (Å²) in [5.41, 5.74) is 1.36. The normalized spacial score (nSPS) is 21.0. The first-order chi connectivity index (χ1) is 16.4. The zero-order valence-electron chi connectivity index (χ0n) is 20.0.